The zero-order chi connectivity index (χ0) is 18.7. The molecule has 0 radical (unpaired) electrons. The number of halogens is 1. The maximum Gasteiger partial charge on any atom is 0.159 e. The van der Waals surface area contributed by atoms with Crippen molar-refractivity contribution in [3.8, 4) is 17.2 Å². The van der Waals surface area contributed by atoms with Crippen LogP contribution in [0.25, 0.3) is 5.57 Å². The van der Waals surface area contributed by atoms with Crippen LogP contribution in [0.2, 0.25) is 5.02 Å². The lowest BCUT2D eigenvalue weighted by Crippen LogP contribution is -2.26. The summed E-state index contributed by atoms with van der Waals surface area (Å²) < 4.78 is 10.5. The molecular weight excluding hydrogens is 344 g/mol. The maximum atomic E-state index is 11.8. The number of ether oxygens (including phenoxy) is 2. The van der Waals surface area contributed by atoms with E-state index >= 15 is 0 Å². The minimum absolute atomic E-state index is 0.0434. The van der Waals surface area contributed by atoms with Crippen molar-refractivity contribution in [2.75, 3.05) is 14.2 Å². The number of benzene rings is 1. The highest BCUT2D eigenvalue weighted by Crippen LogP contribution is 2.49. The first kappa shape index (κ1) is 19.2. The van der Waals surface area contributed by atoms with Crippen molar-refractivity contribution >= 4 is 23.0 Å². The molecule has 2 rings (SSSR count). The van der Waals surface area contributed by atoms with Crippen molar-refractivity contribution in [2.45, 2.75) is 26.2 Å². The first-order valence-electron chi connectivity index (χ1n) is 8.11. The number of allylic oxidation sites excluding steroid dienone is 2. The van der Waals surface area contributed by atoms with Gasteiger partial charge >= 0.3 is 0 Å². The third-order valence-electron chi connectivity index (χ3n) is 4.53. The van der Waals surface area contributed by atoms with Gasteiger partial charge in [0.1, 0.15) is 28.0 Å². The molecule has 136 valence electrons. The molecule has 0 saturated carbocycles. The fraction of sp³-hybridized carbons (Fsp3) is 0.421. The number of aromatic hydroxyl groups is 1. The number of carbonyl (C=O) groups excluding carboxylic acids is 1. The molecular formula is C19H23ClO5. The molecule has 1 aromatic carbocycles. The summed E-state index contributed by atoms with van der Waals surface area (Å²) >= 11 is 6.16. The number of phenolic OH excluding ortho intramolecular Hbond substituents is 1. The van der Waals surface area contributed by atoms with E-state index in [9.17, 15) is 15.0 Å². The summed E-state index contributed by atoms with van der Waals surface area (Å²) in [6.45, 7) is 6.09. The van der Waals surface area contributed by atoms with Crippen LogP contribution in [-0.2, 0) is 4.79 Å². The predicted molar refractivity (Wildman–Crippen MR) is 97.5 cm³/mol. The van der Waals surface area contributed by atoms with Crippen LogP contribution >= 0.6 is 11.6 Å². The molecule has 25 heavy (non-hydrogen) atoms. The van der Waals surface area contributed by atoms with E-state index in [1.54, 1.807) is 6.07 Å². The summed E-state index contributed by atoms with van der Waals surface area (Å²) in [5.41, 5.74) is 0.771. The number of ketones is 1. The van der Waals surface area contributed by atoms with Gasteiger partial charge in [0.05, 0.1) is 19.8 Å². The lowest BCUT2D eigenvalue weighted by molar-refractivity contribution is -0.116. The standard InChI is InChI=1S/C19H23ClO5/c1-5-6-11-7-12(21)8-13(22)16(11)10(2)17-14(24-3)9-15(25-4)18(20)19(17)23/h8-9,11,16,22-23H,2,5-7H2,1,3-4H3. The van der Waals surface area contributed by atoms with Crippen molar-refractivity contribution in [3.63, 3.8) is 0 Å². The van der Waals surface area contributed by atoms with Gasteiger partial charge in [0.2, 0.25) is 0 Å². The highest BCUT2D eigenvalue weighted by Gasteiger charge is 2.35. The summed E-state index contributed by atoms with van der Waals surface area (Å²) in [5, 5.41) is 21.0. The predicted octanol–water partition coefficient (Wildman–Crippen LogP) is 4.52. The second-order valence-corrected chi connectivity index (χ2v) is 6.49. The van der Waals surface area contributed by atoms with E-state index in [0.29, 0.717) is 23.3 Å². The SMILES string of the molecule is C=C(c1c(OC)cc(OC)c(Cl)c1O)C1C(O)=CC(=O)CC1CCC. The number of phenols is 1. The quantitative estimate of drug-likeness (QED) is 0.773. The van der Waals surface area contributed by atoms with Gasteiger partial charge < -0.3 is 19.7 Å². The number of aliphatic hydroxyl groups is 1. The minimum atomic E-state index is -0.484. The normalized spacial score (nSPS) is 20.2. The minimum Gasteiger partial charge on any atom is -0.512 e. The van der Waals surface area contributed by atoms with Gasteiger partial charge in [0.25, 0.3) is 0 Å². The Kier molecular flexibility index (Phi) is 6.01. The van der Waals surface area contributed by atoms with E-state index in [1.165, 1.54) is 20.3 Å². The first-order valence-corrected chi connectivity index (χ1v) is 8.49. The molecule has 0 bridgehead atoms. The van der Waals surface area contributed by atoms with Crippen LogP contribution in [0.1, 0.15) is 31.7 Å². The Bertz CT molecular complexity index is 723. The fourth-order valence-electron chi connectivity index (χ4n) is 3.41. The number of rotatable bonds is 6. The highest BCUT2D eigenvalue weighted by molar-refractivity contribution is 6.34. The van der Waals surface area contributed by atoms with Gasteiger partial charge in [-0.25, -0.2) is 0 Å². The lowest BCUT2D eigenvalue weighted by Gasteiger charge is -2.31. The average molecular weight is 367 g/mol. The van der Waals surface area contributed by atoms with Crippen LogP contribution in [0.5, 0.6) is 17.2 Å². The van der Waals surface area contributed by atoms with Gasteiger partial charge in [-0.2, -0.15) is 0 Å². The van der Waals surface area contributed by atoms with Crippen LogP contribution in [0.4, 0.5) is 0 Å². The molecule has 2 atom stereocenters. The Morgan fingerprint density at radius 2 is 1.96 bits per heavy atom. The summed E-state index contributed by atoms with van der Waals surface area (Å²) in [6, 6.07) is 1.56. The fourth-order valence-corrected chi connectivity index (χ4v) is 3.63. The molecule has 0 heterocycles. The van der Waals surface area contributed by atoms with Crippen LogP contribution in [-0.4, -0.2) is 30.2 Å². The van der Waals surface area contributed by atoms with E-state index in [0.717, 1.165) is 12.8 Å². The van der Waals surface area contributed by atoms with Crippen LogP contribution in [0.3, 0.4) is 0 Å². The van der Waals surface area contributed by atoms with Gasteiger partial charge in [0.15, 0.2) is 5.78 Å². The Hall–Kier alpha value is -2.14. The molecule has 1 aromatic rings. The average Bonchev–Trinajstić information content (AvgIpc) is 2.56. The molecule has 2 N–H and O–H groups in total. The van der Waals surface area contributed by atoms with Gasteiger partial charge in [-0.1, -0.05) is 31.5 Å². The number of aliphatic hydroxyl groups excluding tert-OH is 1. The summed E-state index contributed by atoms with van der Waals surface area (Å²) in [6.07, 6.45) is 3.17. The Morgan fingerprint density at radius 1 is 1.32 bits per heavy atom. The van der Waals surface area contributed by atoms with Crippen LogP contribution in [0, 0.1) is 11.8 Å². The maximum absolute atomic E-state index is 11.8. The Morgan fingerprint density at radius 3 is 2.52 bits per heavy atom. The molecule has 0 saturated heterocycles. The van der Waals surface area contributed by atoms with E-state index in [1.807, 2.05) is 6.92 Å². The van der Waals surface area contributed by atoms with E-state index < -0.39 is 5.92 Å². The second-order valence-electron chi connectivity index (χ2n) is 6.11. The topological polar surface area (TPSA) is 76.0 Å². The molecule has 0 spiro atoms. The van der Waals surface area contributed by atoms with Gasteiger partial charge in [-0.05, 0) is 17.9 Å². The summed E-state index contributed by atoms with van der Waals surface area (Å²) in [4.78, 5) is 11.8. The van der Waals surface area contributed by atoms with Crippen molar-refractivity contribution in [1.82, 2.24) is 0 Å². The molecule has 6 heteroatoms. The summed E-state index contributed by atoms with van der Waals surface area (Å²) in [5.74, 6) is -0.346. The highest BCUT2D eigenvalue weighted by atomic mass is 35.5. The van der Waals surface area contributed by atoms with Crippen molar-refractivity contribution in [3.05, 3.63) is 35.1 Å². The van der Waals surface area contributed by atoms with Crippen LogP contribution < -0.4 is 9.47 Å². The number of hydrogen-bond acceptors (Lipinski definition) is 5. The Balaban J connectivity index is 2.57. The third kappa shape index (κ3) is 3.61. The van der Waals surface area contributed by atoms with Gasteiger partial charge in [-0.3, -0.25) is 4.79 Å². The van der Waals surface area contributed by atoms with E-state index in [2.05, 4.69) is 6.58 Å². The molecule has 0 amide bonds. The zero-order valence-corrected chi connectivity index (χ0v) is 15.4. The number of hydrogen-bond donors (Lipinski definition) is 2. The monoisotopic (exact) mass is 366 g/mol. The van der Waals surface area contributed by atoms with Crippen molar-refractivity contribution in [2.24, 2.45) is 11.8 Å². The zero-order valence-electron chi connectivity index (χ0n) is 14.6. The van der Waals surface area contributed by atoms with Crippen molar-refractivity contribution < 1.29 is 24.5 Å². The number of methoxy groups -OCH3 is 2. The molecule has 0 fully saturated rings. The van der Waals surface area contributed by atoms with Gasteiger partial charge in [-0.15, -0.1) is 0 Å². The van der Waals surface area contributed by atoms with Crippen molar-refractivity contribution in [1.29, 1.82) is 0 Å². The molecule has 1 aliphatic rings. The molecule has 1 aliphatic carbocycles. The Labute approximate surface area is 152 Å². The van der Waals surface area contributed by atoms with E-state index in [-0.39, 0.29) is 34.0 Å². The van der Waals surface area contributed by atoms with Crippen LogP contribution in [0.15, 0.2) is 24.5 Å². The lowest BCUT2D eigenvalue weighted by atomic mass is 9.74. The van der Waals surface area contributed by atoms with Gasteiger partial charge in [0, 0.05) is 24.5 Å². The first-order chi connectivity index (χ1) is 11.8. The van der Waals surface area contributed by atoms with E-state index in [4.69, 9.17) is 21.1 Å². The largest absolute Gasteiger partial charge is 0.512 e. The second kappa shape index (κ2) is 7.83. The summed E-state index contributed by atoms with van der Waals surface area (Å²) in [7, 11) is 2.90. The molecule has 0 aliphatic heterocycles. The molecule has 0 aromatic heterocycles. The third-order valence-corrected chi connectivity index (χ3v) is 4.89. The smallest absolute Gasteiger partial charge is 0.159 e. The number of carbonyl (C=O) groups is 1. The molecule has 2 unspecified atom stereocenters. The molecule has 5 nitrogen and oxygen atoms in total.